The predicted molar refractivity (Wildman–Crippen MR) is 87.1 cm³/mol. The standard InChI is InChI=1S/C16H25N3O2/c1-4-7-17-13-8-15(10-16(9-13)19(20)21)18(11-12(2)3)14-5-6-14/h8-10,12,14,17H,4-7,11H2,1-3H3. The molecule has 0 saturated heterocycles. The van der Waals surface area contributed by atoms with Crippen LogP contribution < -0.4 is 10.2 Å². The number of non-ortho nitro benzene ring substituents is 1. The monoisotopic (exact) mass is 291 g/mol. The van der Waals surface area contributed by atoms with Crippen molar-refractivity contribution < 1.29 is 4.92 Å². The van der Waals surface area contributed by atoms with Gasteiger partial charge in [-0.2, -0.15) is 0 Å². The molecule has 2 rings (SSSR count). The van der Waals surface area contributed by atoms with E-state index < -0.39 is 0 Å². The molecule has 1 aromatic rings. The summed E-state index contributed by atoms with van der Waals surface area (Å²) in [6.07, 6.45) is 3.37. The molecule has 1 saturated carbocycles. The van der Waals surface area contributed by atoms with Crippen molar-refractivity contribution in [3.63, 3.8) is 0 Å². The van der Waals surface area contributed by atoms with Gasteiger partial charge in [0.15, 0.2) is 0 Å². The molecule has 1 aliphatic carbocycles. The van der Waals surface area contributed by atoms with Crippen molar-refractivity contribution in [3.05, 3.63) is 28.3 Å². The Kier molecular flexibility index (Phi) is 5.04. The molecule has 5 nitrogen and oxygen atoms in total. The SMILES string of the molecule is CCCNc1cc(N(CC(C)C)C2CC2)cc([N+](=O)[O-])c1. The van der Waals surface area contributed by atoms with E-state index in [1.165, 1.54) is 12.8 Å². The van der Waals surface area contributed by atoms with Gasteiger partial charge in [-0.15, -0.1) is 0 Å². The molecule has 5 heteroatoms. The molecule has 0 unspecified atom stereocenters. The van der Waals surface area contributed by atoms with Crippen molar-refractivity contribution in [2.24, 2.45) is 5.92 Å². The Morgan fingerprint density at radius 3 is 2.62 bits per heavy atom. The van der Waals surface area contributed by atoms with Crippen LogP contribution in [-0.2, 0) is 0 Å². The van der Waals surface area contributed by atoms with Crippen molar-refractivity contribution >= 4 is 17.1 Å². The van der Waals surface area contributed by atoms with Crippen LogP contribution in [0.25, 0.3) is 0 Å². The molecule has 1 fully saturated rings. The molecule has 0 bridgehead atoms. The first-order chi connectivity index (χ1) is 10.0. The van der Waals surface area contributed by atoms with E-state index in [2.05, 4.69) is 31.0 Å². The zero-order chi connectivity index (χ0) is 15.4. The lowest BCUT2D eigenvalue weighted by molar-refractivity contribution is -0.384. The average Bonchev–Trinajstić information content (AvgIpc) is 3.26. The Hall–Kier alpha value is -1.78. The number of benzene rings is 1. The number of nitro benzene ring substituents is 1. The molecular formula is C16H25N3O2. The van der Waals surface area contributed by atoms with E-state index >= 15 is 0 Å². The summed E-state index contributed by atoms with van der Waals surface area (Å²) in [7, 11) is 0. The predicted octanol–water partition coefficient (Wildman–Crippen LogP) is 4.04. The van der Waals surface area contributed by atoms with Crippen molar-refractivity contribution in [1.82, 2.24) is 0 Å². The quantitative estimate of drug-likeness (QED) is 0.580. The zero-order valence-electron chi connectivity index (χ0n) is 13.1. The molecule has 1 aromatic carbocycles. The summed E-state index contributed by atoms with van der Waals surface area (Å²) in [4.78, 5) is 13.2. The van der Waals surface area contributed by atoms with E-state index in [9.17, 15) is 10.1 Å². The molecule has 0 aromatic heterocycles. The highest BCUT2D eigenvalue weighted by atomic mass is 16.6. The normalized spacial score (nSPS) is 14.3. The maximum absolute atomic E-state index is 11.2. The van der Waals surface area contributed by atoms with E-state index in [0.29, 0.717) is 12.0 Å². The van der Waals surface area contributed by atoms with Crippen LogP contribution in [-0.4, -0.2) is 24.1 Å². The summed E-state index contributed by atoms with van der Waals surface area (Å²) < 4.78 is 0. The molecule has 0 spiro atoms. The van der Waals surface area contributed by atoms with E-state index in [4.69, 9.17) is 0 Å². The Labute approximate surface area is 126 Å². The number of rotatable bonds is 8. The topological polar surface area (TPSA) is 58.4 Å². The molecule has 1 N–H and O–H groups in total. The van der Waals surface area contributed by atoms with E-state index in [1.54, 1.807) is 12.1 Å². The highest BCUT2D eigenvalue weighted by molar-refractivity contribution is 5.65. The maximum Gasteiger partial charge on any atom is 0.273 e. The van der Waals surface area contributed by atoms with Gasteiger partial charge < -0.3 is 10.2 Å². The lowest BCUT2D eigenvalue weighted by atomic mass is 10.1. The van der Waals surface area contributed by atoms with Crippen molar-refractivity contribution in [3.8, 4) is 0 Å². The van der Waals surface area contributed by atoms with Crippen LogP contribution >= 0.6 is 0 Å². The largest absolute Gasteiger partial charge is 0.385 e. The first-order valence-electron chi connectivity index (χ1n) is 7.81. The fourth-order valence-electron chi connectivity index (χ4n) is 2.48. The third-order valence-corrected chi connectivity index (χ3v) is 3.57. The Morgan fingerprint density at radius 2 is 2.10 bits per heavy atom. The molecule has 1 aliphatic rings. The van der Waals surface area contributed by atoms with Gasteiger partial charge in [-0.3, -0.25) is 10.1 Å². The second-order valence-electron chi connectivity index (χ2n) is 6.20. The van der Waals surface area contributed by atoms with Crippen molar-refractivity contribution in [2.75, 3.05) is 23.3 Å². The van der Waals surface area contributed by atoms with Gasteiger partial charge in [0.2, 0.25) is 0 Å². The Bertz CT molecular complexity index is 498. The fraction of sp³-hybridized carbons (Fsp3) is 0.625. The number of nitro groups is 1. The first-order valence-corrected chi connectivity index (χ1v) is 7.81. The summed E-state index contributed by atoms with van der Waals surface area (Å²) >= 11 is 0. The molecule has 0 aliphatic heterocycles. The minimum absolute atomic E-state index is 0.167. The average molecular weight is 291 g/mol. The minimum Gasteiger partial charge on any atom is -0.385 e. The van der Waals surface area contributed by atoms with Gasteiger partial charge in [0.1, 0.15) is 0 Å². The van der Waals surface area contributed by atoms with Crippen molar-refractivity contribution in [2.45, 2.75) is 46.1 Å². The summed E-state index contributed by atoms with van der Waals surface area (Å²) in [5, 5.41) is 14.4. The van der Waals surface area contributed by atoms with Crippen LogP contribution in [0, 0.1) is 16.0 Å². The molecule has 0 heterocycles. The fourth-order valence-corrected chi connectivity index (χ4v) is 2.48. The molecule has 0 atom stereocenters. The Morgan fingerprint density at radius 1 is 1.38 bits per heavy atom. The first kappa shape index (κ1) is 15.6. The van der Waals surface area contributed by atoms with Gasteiger partial charge in [0, 0.05) is 42.6 Å². The molecule has 0 radical (unpaired) electrons. The van der Waals surface area contributed by atoms with Crippen molar-refractivity contribution in [1.29, 1.82) is 0 Å². The van der Waals surface area contributed by atoms with Gasteiger partial charge in [-0.1, -0.05) is 20.8 Å². The van der Waals surface area contributed by atoms with Crippen LogP contribution in [0.1, 0.15) is 40.0 Å². The molecule has 0 amide bonds. The third kappa shape index (κ3) is 4.34. The van der Waals surface area contributed by atoms with E-state index in [1.807, 2.05) is 6.07 Å². The van der Waals surface area contributed by atoms with Crippen LogP contribution in [0.5, 0.6) is 0 Å². The number of nitrogens with one attached hydrogen (secondary N) is 1. The third-order valence-electron chi connectivity index (χ3n) is 3.57. The van der Waals surface area contributed by atoms with Crippen LogP contribution in [0.4, 0.5) is 17.1 Å². The maximum atomic E-state index is 11.2. The van der Waals surface area contributed by atoms with E-state index in [0.717, 1.165) is 30.9 Å². The van der Waals surface area contributed by atoms with Crippen LogP contribution in [0.3, 0.4) is 0 Å². The van der Waals surface area contributed by atoms with Gasteiger partial charge in [0.05, 0.1) is 4.92 Å². The number of anilines is 2. The van der Waals surface area contributed by atoms with Gasteiger partial charge >= 0.3 is 0 Å². The summed E-state index contributed by atoms with van der Waals surface area (Å²) in [5.74, 6) is 0.539. The lowest BCUT2D eigenvalue weighted by Crippen LogP contribution is -2.29. The summed E-state index contributed by atoms with van der Waals surface area (Å²) in [6, 6.07) is 5.93. The Balaban J connectivity index is 2.30. The summed E-state index contributed by atoms with van der Waals surface area (Å²) in [5.41, 5.74) is 1.98. The highest BCUT2D eigenvalue weighted by Crippen LogP contribution is 2.35. The minimum atomic E-state index is -0.304. The second kappa shape index (κ2) is 6.78. The molecular weight excluding hydrogens is 266 g/mol. The molecule has 21 heavy (non-hydrogen) atoms. The second-order valence-corrected chi connectivity index (χ2v) is 6.20. The van der Waals surface area contributed by atoms with Gasteiger partial charge in [-0.25, -0.2) is 0 Å². The lowest BCUT2D eigenvalue weighted by Gasteiger charge is -2.27. The zero-order valence-corrected chi connectivity index (χ0v) is 13.1. The number of hydrogen-bond donors (Lipinski definition) is 1. The smallest absolute Gasteiger partial charge is 0.273 e. The molecule has 116 valence electrons. The van der Waals surface area contributed by atoms with Crippen LogP contribution in [0.2, 0.25) is 0 Å². The van der Waals surface area contributed by atoms with Gasteiger partial charge in [-0.05, 0) is 31.2 Å². The summed E-state index contributed by atoms with van der Waals surface area (Å²) in [6.45, 7) is 8.22. The number of hydrogen-bond acceptors (Lipinski definition) is 4. The van der Waals surface area contributed by atoms with E-state index in [-0.39, 0.29) is 10.6 Å². The number of nitrogens with zero attached hydrogens (tertiary/aromatic N) is 2. The highest BCUT2D eigenvalue weighted by Gasteiger charge is 2.30. The van der Waals surface area contributed by atoms with Gasteiger partial charge in [0.25, 0.3) is 5.69 Å². The van der Waals surface area contributed by atoms with Crippen LogP contribution in [0.15, 0.2) is 18.2 Å².